The van der Waals surface area contributed by atoms with E-state index in [0.29, 0.717) is 12.1 Å². The normalized spacial score (nSPS) is 27.7. The predicted octanol–water partition coefficient (Wildman–Crippen LogP) is 0.868. The van der Waals surface area contributed by atoms with Gasteiger partial charge >= 0.3 is 0 Å². The van der Waals surface area contributed by atoms with Crippen LogP contribution in [0.15, 0.2) is 17.8 Å². The summed E-state index contributed by atoms with van der Waals surface area (Å²) in [6.07, 6.45) is 1.95. The number of nitrogens with zero attached hydrogens (tertiary/aromatic N) is 3. The molecule has 2 atom stereocenters. The summed E-state index contributed by atoms with van der Waals surface area (Å²) in [5.41, 5.74) is 1.04. The highest BCUT2D eigenvalue weighted by Gasteiger charge is 2.36. The fraction of sp³-hybridized carbons (Fsp3) is 0.500. The van der Waals surface area contributed by atoms with E-state index in [2.05, 4.69) is 25.6 Å². The van der Waals surface area contributed by atoms with Crippen LogP contribution in [0.3, 0.4) is 0 Å². The van der Waals surface area contributed by atoms with Gasteiger partial charge in [0.25, 0.3) is 0 Å². The molecular weight excluding hydrogens is 248 g/mol. The van der Waals surface area contributed by atoms with Crippen molar-refractivity contribution in [1.82, 2.24) is 15.3 Å². The monoisotopic (exact) mass is 262 g/mol. The minimum absolute atomic E-state index is 0.295. The number of rotatable bonds is 1. The van der Waals surface area contributed by atoms with E-state index < -0.39 is 0 Å². The van der Waals surface area contributed by atoms with Crippen LogP contribution in [0, 0.1) is 0 Å². The fourth-order valence-electron chi connectivity index (χ4n) is 2.77. The van der Waals surface area contributed by atoms with Gasteiger partial charge in [-0.2, -0.15) is 0 Å². The SMILES string of the molecule is c1nc(N2C[C@@H]3NCCO[C@H]3C2)c2sccc2n1. The lowest BCUT2D eigenvalue weighted by molar-refractivity contribution is 0.0212. The topological polar surface area (TPSA) is 50.3 Å². The second-order valence-corrected chi connectivity index (χ2v) is 5.62. The van der Waals surface area contributed by atoms with Gasteiger partial charge in [0.15, 0.2) is 0 Å². The van der Waals surface area contributed by atoms with Crippen molar-refractivity contribution >= 4 is 27.4 Å². The Bertz CT molecular complexity index is 558. The van der Waals surface area contributed by atoms with Crippen molar-refractivity contribution in [1.29, 1.82) is 0 Å². The third-order valence-corrected chi connectivity index (χ3v) is 4.53. The van der Waals surface area contributed by atoms with Crippen LogP contribution < -0.4 is 10.2 Å². The van der Waals surface area contributed by atoms with Crippen molar-refractivity contribution in [2.24, 2.45) is 0 Å². The third-order valence-electron chi connectivity index (χ3n) is 3.63. The van der Waals surface area contributed by atoms with Crippen molar-refractivity contribution in [3.05, 3.63) is 17.8 Å². The molecule has 5 nitrogen and oxygen atoms in total. The second kappa shape index (κ2) is 4.15. The molecule has 0 aliphatic carbocycles. The van der Waals surface area contributed by atoms with Crippen LogP contribution in [0.4, 0.5) is 5.82 Å². The third kappa shape index (κ3) is 1.60. The first-order valence-corrected chi connectivity index (χ1v) is 7.08. The second-order valence-electron chi connectivity index (χ2n) is 4.71. The maximum atomic E-state index is 5.80. The average Bonchev–Trinajstić information content (AvgIpc) is 3.04. The van der Waals surface area contributed by atoms with E-state index in [1.807, 2.05) is 6.07 Å². The summed E-state index contributed by atoms with van der Waals surface area (Å²) in [4.78, 5) is 11.1. The summed E-state index contributed by atoms with van der Waals surface area (Å²) in [7, 11) is 0. The van der Waals surface area contributed by atoms with Crippen LogP contribution in [0.25, 0.3) is 10.2 Å². The van der Waals surface area contributed by atoms with E-state index in [1.54, 1.807) is 17.7 Å². The molecule has 0 bridgehead atoms. The summed E-state index contributed by atoms with van der Waals surface area (Å²) >= 11 is 1.71. The molecule has 0 saturated carbocycles. The van der Waals surface area contributed by atoms with Crippen molar-refractivity contribution < 1.29 is 4.74 Å². The summed E-state index contributed by atoms with van der Waals surface area (Å²) in [5, 5.41) is 5.59. The zero-order chi connectivity index (χ0) is 11.9. The minimum atomic E-state index is 0.295. The number of morpholine rings is 1. The molecule has 4 rings (SSSR count). The highest BCUT2D eigenvalue weighted by molar-refractivity contribution is 7.17. The summed E-state index contributed by atoms with van der Waals surface area (Å²) in [6, 6.07) is 2.48. The first-order valence-electron chi connectivity index (χ1n) is 6.20. The number of fused-ring (bicyclic) bond motifs is 2. The number of hydrogen-bond acceptors (Lipinski definition) is 6. The van der Waals surface area contributed by atoms with E-state index in [4.69, 9.17) is 4.74 Å². The molecule has 2 fully saturated rings. The fourth-order valence-corrected chi connectivity index (χ4v) is 3.63. The first kappa shape index (κ1) is 10.7. The Kier molecular flexibility index (Phi) is 2.46. The molecule has 0 radical (unpaired) electrons. The predicted molar refractivity (Wildman–Crippen MR) is 71.2 cm³/mol. The van der Waals surface area contributed by atoms with E-state index in [9.17, 15) is 0 Å². The van der Waals surface area contributed by atoms with Crippen molar-refractivity contribution in [2.75, 3.05) is 31.1 Å². The average molecular weight is 262 g/mol. The Morgan fingerprint density at radius 1 is 1.39 bits per heavy atom. The largest absolute Gasteiger partial charge is 0.373 e. The molecule has 2 aromatic heterocycles. The van der Waals surface area contributed by atoms with Crippen molar-refractivity contribution in [3.8, 4) is 0 Å². The van der Waals surface area contributed by atoms with Gasteiger partial charge in [0.1, 0.15) is 12.1 Å². The van der Waals surface area contributed by atoms with Gasteiger partial charge in [0, 0.05) is 19.6 Å². The highest BCUT2D eigenvalue weighted by atomic mass is 32.1. The standard InChI is InChI=1S/C12H14N4OS/c1-4-18-11-8(1)14-7-15-12(11)16-5-9-10(6-16)17-3-2-13-9/h1,4,7,9-10,13H,2-3,5-6H2/t9-,10-/m0/s1. The zero-order valence-electron chi connectivity index (χ0n) is 9.87. The van der Waals surface area contributed by atoms with Crippen LogP contribution in [0.5, 0.6) is 0 Å². The maximum absolute atomic E-state index is 5.80. The zero-order valence-corrected chi connectivity index (χ0v) is 10.7. The Morgan fingerprint density at radius 3 is 3.33 bits per heavy atom. The maximum Gasteiger partial charge on any atom is 0.150 e. The lowest BCUT2D eigenvalue weighted by Crippen LogP contribution is -2.47. The highest BCUT2D eigenvalue weighted by Crippen LogP contribution is 2.30. The molecule has 4 heterocycles. The first-order chi connectivity index (χ1) is 8.92. The molecule has 2 aliphatic heterocycles. The molecule has 18 heavy (non-hydrogen) atoms. The molecule has 1 N–H and O–H groups in total. The van der Waals surface area contributed by atoms with E-state index in [-0.39, 0.29) is 0 Å². The van der Waals surface area contributed by atoms with Gasteiger partial charge in [-0.25, -0.2) is 9.97 Å². The number of ether oxygens (including phenoxy) is 1. The quantitative estimate of drug-likeness (QED) is 0.826. The van der Waals surface area contributed by atoms with E-state index in [1.165, 1.54) is 4.70 Å². The molecule has 6 heteroatoms. The molecule has 0 spiro atoms. The van der Waals surface area contributed by atoms with Gasteiger partial charge in [0.2, 0.25) is 0 Å². The lowest BCUT2D eigenvalue weighted by Gasteiger charge is -2.25. The number of hydrogen-bond donors (Lipinski definition) is 1. The van der Waals surface area contributed by atoms with Gasteiger partial charge in [-0.05, 0) is 11.4 Å². The van der Waals surface area contributed by atoms with Crippen LogP contribution in [0.1, 0.15) is 0 Å². The summed E-state index contributed by atoms with van der Waals surface area (Å²) in [5.74, 6) is 1.05. The summed E-state index contributed by atoms with van der Waals surface area (Å²) < 4.78 is 6.98. The van der Waals surface area contributed by atoms with Crippen LogP contribution in [-0.2, 0) is 4.74 Å². The number of anilines is 1. The Hall–Kier alpha value is -1.24. The van der Waals surface area contributed by atoms with E-state index >= 15 is 0 Å². The number of aromatic nitrogens is 2. The van der Waals surface area contributed by atoms with Gasteiger partial charge in [-0.3, -0.25) is 0 Å². The Labute approximate surface area is 109 Å². The number of thiophene rings is 1. The van der Waals surface area contributed by atoms with Gasteiger partial charge < -0.3 is 15.0 Å². The van der Waals surface area contributed by atoms with Crippen molar-refractivity contribution in [3.63, 3.8) is 0 Å². The lowest BCUT2D eigenvalue weighted by atomic mass is 10.2. The number of nitrogens with one attached hydrogen (secondary N) is 1. The molecule has 2 aromatic rings. The van der Waals surface area contributed by atoms with Crippen molar-refractivity contribution in [2.45, 2.75) is 12.1 Å². The molecular formula is C12H14N4OS. The van der Waals surface area contributed by atoms with Gasteiger partial charge in [0.05, 0.1) is 29.0 Å². The Balaban J connectivity index is 1.69. The summed E-state index contributed by atoms with van der Waals surface area (Å²) in [6.45, 7) is 3.65. The minimum Gasteiger partial charge on any atom is -0.373 e. The smallest absolute Gasteiger partial charge is 0.150 e. The molecule has 0 amide bonds. The van der Waals surface area contributed by atoms with Gasteiger partial charge in [-0.1, -0.05) is 0 Å². The van der Waals surface area contributed by atoms with Crippen LogP contribution >= 0.6 is 11.3 Å². The molecule has 0 aromatic carbocycles. The van der Waals surface area contributed by atoms with E-state index in [0.717, 1.165) is 37.6 Å². The van der Waals surface area contributed by atoms with Crippen LogP contribution in [-0.4, -0.2) is 48.4 Å². The molecule has 94 valence electrons. The Morgan fingerprint density at radius 2 is 2.39 bits per heavy atom. The molecule has 0 unspecified atom stereocenters. The molecule has 2 saturated heterocycles. The molecule has 2 aliphatic rings. The van der Waals surface area contributed by atoms with Gasteiger partial charge in [-0.15, -0.1) is 11.3 Å². The van der Waals surface area contributed by atoms with Crippen LogP contribution in [0.2, 0.25) is 0 Å².